The Kier molecular flexibility index (Phi) is 7.88. The predicted molar refractivity (Wildman–Crippen MR) is 125 cm³/mol. The summed E-state index contributed by atoms with van der Waals surface area (Å²) in [5, 5.41) is 9.96. The second-order valence-electron chi connectivity index (χ2n) is 7.68. The number of carbonyl (C=O) groups excluding carboxylic acids is 1. The summed E-state index contributed by atoms with van der Waals surface area (Å²) in [4.78, 5) is 15.2. The lowest BCUT2D eigenvalue weighted by atomic mass is 9.96. The van der Waals surface area contributed by atoms with Crippen molar-refractivity contribution in [1.29, 1.82) is 5.26 Å². The number of rotatable bonds is 9. The number of ether oxygens (including phenoxy) is 2. The van der Waals surface area contributed by atoms with Crippen LogP contribution in [0.1, 0.15) is 40.2 Å². The van der Waals surface area contributed by atoms with E-state index in [1.165, 1.54) is 0 Å². The summed E-state index contributed by atoms with van der Waals surface area (Å²) in [6, 6.07) is 27.1. The van der Waals surface area contributed by atoms with Crippen molar-refractivity contribution in [2.24, 2.45) is 0 Å². The number of carbonyl (C=O) groups is 1. The summed E-state index contributed by atoms with van der Waals surface area (Å²) in [5.74, 6) is 0.680. The molecule has 2 atom stereocenters. The minimum atomic E-state index is -0.509. The Balaban J connectivity index is 1.90. The van der Waals surface area contributed by atoms with Gasteiger partial charge in [-0.25, -0.2) is 0 Å². The summed E-state index contributed by atoms with van der Waals surface area (Å²) in [6.07, 6.45) is 0. The molecule has 0 spiro atoms. The maximum absolute atomic E-state index is 13.4. The molecule has 0 N–H and O–H groups in total. The predicted octanol–water partition coefficient (Wildman–Crippen LogP) is 5.26. The Morgan fingerprint density at radius 1 is 0.875 bits per heavy atom. The molecule has 5 nitrogen and oxygen atoms in total. The van der Waals surface area contributed by atoms with Crippen molar-refractivity contribution >= 4 is 5.91 Å². The Morgan fingerprint density at radius 2 is 1.50 bits per heavy atom. The quantitative estimate of drug-likeness (QED) is 0.467. The average Bonchev–Trinajstić information content (AvgIpc) is 2.86. The van der Waals surface area contributed by atoms with Crippen molar-refractivity contribution in [3.05, 3.63) is 95.6 Å². The zero-order valence-electron chi connectivity index (χ0n) is 18.7. The fourth-order valence-corrected chi connectivity index (χ4v) is 3.73. The van der Waals surface area contributed by atoms with Gasteiger partial charge in [0.1, 0.15) is 0 Å². The normalized spacial score (nSPS) is 12.3. The highest BCUT2D eigenvalue weighted by Crippen LogP contribution is 2.31. The third-order valence-corrected chi connectivity index (χ3v) is 5.54. The van der Waals surface area contributed by atoms with Crippen molar-refractivity contribution in [2.45, 2.75) is 18.8 Å². The molecule has 0 unspecified atom stereocenters. The summed E-state index contributed by atoms with van der Waals surface area (Å²) in [5.41, 5.74) is 2.54. The fraction of sp³-hybridized carbons (Fsp3) is 0.259. The van der Waals surface area contributed by atoms with Crippen LogP contribution in [-0.2, 0) is 0 Å². The van der Waals surface area contributed by atoms with Crippen LogP contribution in [0.5, 0.6) is 11.5 Å². The van der Waals surface area contributed by atoms with Crippen LogP contribution < -0.4 is 9.47 Å². The molecule has 0 radical (unpaired) electrons. The van der Waals surface area contributed by atoms with Crippen LogP contribution in [0, 0.1) is 11.3 Å². The lowest BCUT2D eigenvalue weighted by Crippen LogP contribution is -2.37. The van der Waals surface area contributed by atoms with Crippen LogP contribution in [0.2, 0.25) is 0 Å². The molecule has 3 aromatic rings. The summed E-state index contributed by atoms with van der Waals surface area (Å²) < 4.78 is 10.7. The number of hydrogen-bond acceptors (Lipinski definition) is 4. The molecule has 0 fully saturated rings. The highest BCUT2D eigenvalue weighted by molar-refractivity contribution is 5.94. The SMILES string of the molecule is COc1ccc([C@@H](C#N)CN(C[C@H](C)c2ccccc2)C(=O)c2ccccc2)cc1OC. The molecule has 0 saturated carbocycles. The molecule has 1 amide bonds. The monoisotopic (exact) mass is 428 g/mol. The zero-order valence-corrected chi connectivity index (χ0v) is 18.7. The van der Waals surface area contributed by atoms with Crippen LogP contribution in [0.25, 0.3) is 0 Å². The first-order valence-corrected chi connectivity index (χ1v) is 10.6. The summed E-state index contributed by atoms with van der Waals surface area (Å²) >= 11 is 0. The third kappa shape index (κ3) is 5.47. The number of methoxy groups -OCH3 is 2. The Bertz CT molecular complexity index is 1060. The molecule has 3 aromatic carbocycles. The van der Waals surface area contributed by atoms with Gasteiger partial charge < -0.3 is 14.4 Å². The van der Waals surface area contributed by atoms with E-state index in [9.17, 15) is 10.1 Å². The van der Waals surface area contributed by atoms with Gasteiger partial charge in [-0.15, -0.1) is 0 Å². The van der Waals surface area contributed by atoms with Gasteiger partial charge in [-0.3, -0.25) is 4.79 Å². The van der Waals surface area contributed by atoms with Crippen LogP contribution in [-0.4, -0.2) is 38.1 Å². The molecule has 0 bridgehead atoms. The first-order chi connectivity index (χ1) is 15.6. The standard InChI is InChI=1S/C27H28N2O3/c1-20(21-10-6-4-7-11-21)18-29(27(30)22-12-8-5-9-13-22)19-24(17-28)23-14-15-25(31-2)26(16-23)32-3/h4-16,20,24H,18-19H2,1-3H3/t20-,24-/m0/s1. The number of nitriles is 1. The van der Waals surface area contributed by atoms with Gasteiger partial charge in [-0.05, 0) is 41.3 Å². The van der Waals surface area contributed by atoms with Gasteiger partial charge in [0, 0.05) is 18.7 Å². The van der Waals surface area contributed by atoms with Gasteiger partial charge in [0.15, 0.2) is 11.5 Å². The molecule has 32 heavy (non-hydrogen) atoms. The van der Waals surface area contributed by atoms with Crippen LogP contribution in [0.3, 0.4) is 0 Å². The molecule has 0 aromatic heterocycles. The average molecular weight is 429 g/mol. The Labute approximate surface area is 189 Å². The van der Waals surface area contributed by atoms with Gasteiger partial charge in [0.2, 0.25) is 0 Å². The molecule has 0 aliphatic heterocycles. The fourth-order valence-electron chi connectivity index (χ4n) is 3.73. The molecule has 164 valence electrons. The van der Waals surface area contributed by atoms with Gasteiger partial charge in [0.05, 0.1) is 26.2 Å². The van der Waals surface area contributed by atoms with E-state index in [2.05, 4.69) is 25.1 Å². The molecule has 0 saturated heterocycles. The topological polar surface area (TPSA) is 62.6 Å². The van der Waals surface area contributed by atoms with Crippen molar-refractivity contribution in [3.63, 3.8) is 0 Å². The van der Waals surface area contributed by atoms with E-state index in [1.54, 1.807) is 43.4 Å². The minimum absolute atomic E-state index is 0.0888. The Hall–Kier alpha value is -3.78. The number of benzene rings is 3. The molecule has 0 aliphatic carbocycles. The van der Waals surface area contributed by atoms with Crippen molar-refractivity contribution < 1.29 is 14.3 Å². The largest absolute Gasteiger partial charge is 0.493 e. The van der Waals surface area contributed by atoms with Gasteiger partial charge >= 0.3 is 0 Å². The first kappa shape index (κ1) is 22.9. The van der Waals surface area contributed by atoms with Crippen molar-refractivity contribution in [3.8, 4) is 17.6 Å². The second-order valence-corrected chi connectivity index (χ2v) is 7.68. The van der Waals surface area contributed by atoms with Gasteiger partial charge in [0.25, 0.3) is 5.91 Å². The molecule has 5 heteroatoms. The van der Waals surface area contributed by atoms with E-state index < -0.39 is 5.92 Å². The molecular formula is C27H28N2O3. The van der Waals surface area contributed by atoms with E-state index in [4.69, 9.17) is 9.47 Å². The van der Waals surface area contributed by atoms with Crippen LogP contribution in [0.4, 0.5) is 0 Å². The van der Waals surface area contributed by atoms with E-state index in [0.717, 1.165) is 11.1 Å². The Morgan fingerprint density at radius 3 is 2.09 bits per heavy atom. The summed E-state index contributed by atoms with van der Waals surface area (Å²) in [6.45, 7) is 2.87. The number of nitrogens with zero attached hydrogens (tertiary/aromatic N) is 2. The lowest BCUT2D eigenvalue weighted by molar-refractivity contribution is 0.0743. The molecule has 0 aliphatic rings. The van der Waals surface area contributed by atoms with E-state index in [1.807, 2.05) is 42.5 Å². The van der Waals surface area contributed by atoms with Gasteiger partial charge in [-0.2, -0.15) is 5.26 Å². The molecular weight excluding hydrogens is 400 g/mol. The number of amides is 1. The highest BCUT2D eigenvalue weighted by Gasteiger charge is 2.24. The maximum Gasteiger partial charge on any atom is 0.253 e. The van der Waals surface area contributed by atoms with E-state index in [-0.39, 0.29) is 18.4 Å². The summed E-state index contributed by atoms with van der Waals surface area (Å²) in [7, 11) is 3.14. The minimum Gasteiger partial charge on any atom is -0.493 e. The third-order valence-electron chi connectivity index (χ3n) is 5.54. The number of hydrogen-bond donors (Lipinski definition) is 0. The second kappa shape index (κ2) is 11.0. The maximum atomic E-state index is 13.4. The zero-order chi connectivity index (χ0) is 22.9. The van der Waals surface area contributed by atoms with E-state index >= 15 is 0 Å². The van der Waals surface area contributed by atoms with Crippen molar-refractivity contribution in [1.82, 2.24) is 4.90 Å². The molecule has 0 heterocycles. The van der Waals surface area contributed by atoms with Crippen molar-refractivity contribution in [2.75, 3.05) is 27.3 Å². The lowest BCUT2D eigenvalue weighted by Gasteiger charge is -2.28. The van der Waals surface area contributed by atoms with Gasteiger partial charge in [-0.1, -0.05) is 61.5 Å². The van der Waals surface area contributed by atoms with Crippen LogP contribution >= 0.6 is 0 Å². The van der Waals surface area contributed by atoms with E-state index in [0.29, 0.717) is 23.6 Å². The van der Waals surface area contributed by atoms with Crippen LogP contribution in [0.15, 0.2) is 78.9 Å². The smallest absolute Gasteiger partial charge is 0.253 e. The molecule has 3 rings (SSSR count). The first-order valence-electron chi connectivity index (χ1n) is 10.6. The highest BCUT2D eigenvalue weighted by atomic mass is 16.5.